The third kappa shape index (κ3) is 2.62. The Labute approximate surface area is 154 Å². The molecule has 2 N–H and O–H groups in total. The lowest BCUT2D eigenvalue weighted by Gasteiger charge is -2.29. The minimum atomic E-state index is -3.89. The SMILES string of the molecule is O=C(O)c1ccc(C(=O)O)c(P2(=O)Oc3ccccc3-c3ccccc32)c1. The highest BCUT2D eigenvalue weighted by molar-refractivity contribution is 7.75. The van der Waals surface area contributed by atoms with Gasteiger partial charge < -0.3 is 14.7 Å². The van der Waals surface area contributed by atoms with E-state index in [9.17, 15) is 24.4 Å². The van der Waals surface area contributed by atoms with Crippen LogP contribution in [0, 0.1) is 0 Å². The van der Waals surface area contributed by atoms with Crippen LogP contribution in [0.3, 0.4) is 0 Å². The number of hydrogen-bond acceptors (Lipinski definition) is 4. The number of rotatable bonds is 3. The third-order valence-electron chi connectivity index (χ3n) is 4.42. The van der Waals surface area contributed by atoms with Crippen molar-refractivity contribution in [2.75, 3.05) is 0 Å². The molecule has 0 bridgehead atoms. The lowest BCUT2D eigenvalue weighted by molar-refractivity contribution is 0.0682. The van der Waals surface area contributed by atoms with Crippen molar-refractivity contribution >= 4 is 29.9 Å². The fourth-order valence-corrected chi connectivity index (χ4v) is 5.67. The average Bonchev–Trinajstić information content (AvgIpc) is 2.67. The summed E-state index contributed by atoms with van der Waals surface area (Å²) >= 11 is 0. The van der Waals surface area contributed by atoms with Gasteiger partial charge in [-0.2, -0.15) is 0 Å². The number of carboxylic acids is 2. The summed E-state index contributed by atoms with van der Waals surface area (Å²) in [7, 11) is -3.89. The maximum Gasteiger partial charge on any atom is 0.336 e. The molecule has 7 heteroatoms. The molecule has 1 aliphatic heterocycles. The second-order valence-electron chi connectivity index (χ2n) is 6.00. The number of para-hydroxylation sites is 1. The second kappa shape index (κ2) is 6.11. The molecule has 134 valence electrons. The molecule has 4 rings (SSSR count). The molecular weight excluding hydrogens is 367 g/mol. The van der Waals surface area contributed by atoms with Gasteiger partial charge in [-0.3, -0.25) is 4.57 Å². The van der Waals surface area contributed by atoms with Gasteiger partial charge in [0.25, 0.3) is 0 Å². The van der Waals surface area contributed by atoms with Crippen molar-refractivity contribution in [2.45, 2.75) is 0 Å². The molecule has 0 saturated heterocycles. The van der Waals surface area contributed by atoms with Crippen LogP contribution >= 0.6 is 7.37 Å². The van der Waals surface area contributed by atoms with Crippen LogP contribution in [0.4, 0.5) is 0 Å². The van der Waals surface area contributed by atoms with Crippen molar-refractivity contribution < 1.29 is 28.9 Å². The first-order chi connectivity index (χ1) is 12.9. The van der Waals surface area contributed by atoms with Crippen molar-refractivity contribution in [2.24, 2.45) is 0 Å². The molecule has 0 spiro atoms. The van der Waals surface area contributed by atoms with Gasteiger partial charge in [-0.1, -0.05) is 36.4 Å². The lowest BCUT2D eigenvalue weighted by Crippen LogP contribution is -2.29. The summed E-state index contributed by atoms with van der Waals surface area (Å²) in [4.78, 5) is 23.1. The van der Waals surface area contributed by atoms with E-state index in [0.717, 1.165) is 17.7 Å². The average molecular weight is 380 g/mol. The normalized spacial score (nSPS) is 17.3. The molecule has 1 aliphatic rings. The van der Waals surface area contributed by atoms with E-state index in [2.05, 4.69) is 0 Å². The van der Waals surface area contributed by atoms with Gasteiger partial charge in [-0.25, -0.2) is 9.59 Å². The summed E-state index contributed by atoms with van der Waals surface area (Å²) in [6, 6.07) is 17.3. The van der Waals surface area contributed by atoms with Crippen LogP contribution in [0.15, 0.2) is 66.7 Å². The molecule has 1 atom stereocenters. The molecule has 27 heavy (non-hydrogen) atoms. The van der Waals surface area contributed by atoms with Gasteiger partial charge in [0.15, 0.2) is 0 Å². The van der Waals surface area contributed by atoms with Crippen molar-refractivity contribution in [3.63, 3.8) is 0 Å². The first-order valence-corrected chi connectivity index (χ1v) is 9.64. The highest BCUT2D eigenvalue weighted by atomic mass is 31.2. The predicted octanol–water partition coefficient (Wildman–Crippen LogP) is 3.37. The van der Waals surface area contributed by atoms with Crippen molar-refractivity contribution in [3.8, 4) is 16.9 Å². The quantitative estimate of drug-likeness (QED) is 0.676. The van der Waals surface area contributed by atoms with Crippen LogP contribution in [0.5, 0.6) is 5.75 Å². The summed E-state index contributed by atoms with van der Waals surface area (Å²) in [5, 5.41) is 19.1. The van der Waals surface area contributed by atoms with E-state index in [1.54, 1.807) is 36.4 Å². The summed E-state index contributed by atoms with van der Waals surface area (Å²) in [6.45, 7) is 0. The van der Waals surface area contributed by atoms with Gasteiger partial charge >= 0.3 is 19.3 Å². The molecule has 1 heterocycles. The third-order valence-corrected chi connectivity index (χ3v) is 6.90. The molecule has 0 aliphatic carbocycles. The Morgan fingerprint density at radius 1 is 0.778 bits per heavy atom. The van der Waals surface area contributed by atoms with E-state index in [4.69, 9.17) is 4.52 Å². The Balaban J connectivity index is 2.05. The highest BCUT2D eigenvalue weighted by Gasteiger charge is 2.40. The molecule has 0 amide bonds. The zero-order valence-electron chi connectivity index (χ0n) is 13.8. The Kier molecular flexibility index (Phi) is 3.86. The first kappa shape index (κ1) is 17.1. The van der Waals surface area contributed by atoms with Crippen LogP contribution in [0.2, 0.25) is 0 Å². The lowest BCUT2D eigenvalue weighted by atomic mass is 10.0. The van der Waals surface area contributed by atoms with Crippen LogP contribution in [-0.2, 0) is 4.57 Å². The molecule has 3 aromatic carbocycles. The number of carbonyl (C=O) groups is 2. The number of carboxylic acid groups (broad SMARTS) is 2. The van der Waals surface area contributed by atoms with E-state index in [1.807, 2.05) is 12.1 Å². The molecule has 3 aromatic rings. The zero-order valence-corrected chi connectivity index (χ0v) is 14.7. The predicted molar refractivity (Wildman–Crippen MR) is 99.7 cm³/mol. The van der Waals surface area contributed by atoms with Crippen molar-refractivity contribution in [1.82, 2.24) is 0 Å². The first-order valence-electron chi connectivity index (χ1n) is 8.01. The van der Waals surface area contributed by atoms with Gasteiger partial charge in [-0.15, -0.1) is 0 Å². The zero-order chi connectivity index (χ0) is 19.2. The van der Waals surface area contributed by atoms with E-state index < -0.39 is 19.3 Å². The number of aromatic carboxylic acids is 2. The van der Waals surface area contributed by atoms with E-state index >= 15 is 0 Å². The van der Waals surface area contributed by atoms with E-state index in [-0.39, 0.29) is 16.4 Å². The van der Waals surface area contributed by atoms with Gasteiger partial charge in [-0.05, 0) is 35.9 Å². The standard InChI is InChI=1S/C20H13O6P/c21-19(22)12-9-10-15(20(23)24)18(11-12)27(25)17-8-4-2-6-14(17)13-5-1-3-7-16(13)26-27/h1-11H,(H,21,22)(H,23,24). The largest absolute Gasteiger partial charge is 0.478 e. The topological polar surface area (TPSA) is 101 Å². The summed E-state index contributed by atoms with van der Waals surface area (Å²) in [5.41, 5.74) is 0.994. The Hall–Kier alpha value is -3.37. The second-order valence-corrected chi connectivity index (χ2v) is 8.25. The highest BCUT2D eigenvalue weighted by Crippen LogP contribution is 2.54. The van der Waals surface area contributed by atoms with Crippen LogP contribution in [-0.4, -0.2) is 22.2 Å². The Morgan fingerprint density at radius 2 is 1.44 bits per heavy atom. The fraction of sp³-hybridized carbons (Fsp3) is 0. The monoisotopic (exact) mass is 380 g/mol. The summed E-state index contributed by atoms with van der Waals surface area (Å²) in [6.07, 6.45) is 0. The van der Waals surface area contributed by atoms with Crippen molar-refractivity contribution in [3.05, 3.63) is 77.9 Å². The number of fused-ring (bicyclic) bond motifs is 3. The molecular formula is C20H13O6P. The van der Waals surface area contributed by atoms with Gasteiger partial charge in [0, 0.05) is 5.56 Å². The van der Waals surface area contributed by atoms with Crippen LogP contribution < -0.4 is 15.1 Å². The minimum Gasteiger partial charge on any atom is -0.478 e. The van der Waals surface area contributed by atoms with Gasteiger partial charge in [0.2, 0.25) is 0 Å². The fourth-order valence-electron chi connectivity index (χ4n) is 3.18. The number of hydrogen-bond donors (Lipinski definition) is 2. The van der Waals surface area contributed by atoms with Crippen LogP contribution in [0.25, 0.3) is 11.1 Å². The van der Waals surface area contributed by atoms with Gasteiger partial charge in [0.1, 0.15) is 5.75 Å². The molecule has 0 saturated carbocycles. The summed E-state index contributed by atoms with van der Waals surface area (Å²) < 4.78 is 19.9. The van der Waals surface area contributed by atoms with Crippen molar-refractivity contribution in [1.29, 1.82) is 0 Å². The molecule has 0 fully saturated rings. The maximum atomic E-state index is 14.0. The Bertz CT molecular complexity index is 1150. The molecule has 1 unspecified atom stereocenters. The maximum absolute atomic E-state index is 14.0. The molecule has 0 radical (unpaired) electrons. The number of benzene rings is 3. The van der Waals surface area contributed by atoms with E-state index in [0.29, 0.717) is 16.6 Å². The smallest absolute Gasteiger partial charge is 0.336 e. The van der Waals surface area contributed by atoms with E-state index in [1.165, 1.54) is 6.07 Å². The van der Waals surface area contributed by atoms with Crippen LogP contribution in [0.1, 0.15) is 20.7 Å². The van der Waals surface area contributed by atoms with Gasteiger partial charge in [0.05, 0.1) is 21.7 Å². The molecule has 0 aromatic heterocycles. The minimum absolute atomic E-state index is 0.142. The molecule has 6 nitrogen and oxygen atoms in total. The Morgan fingerprint density at radius 3 is 2.15 bits per heavy atom. The summed E-state index contributed by atoms with van der Waals surface area (Å²) in [5.74, 6) is -2.20.